The molecule has 0 aliphatic carbocycles. The monoisotopic (exact) mass is 251 g/mol. The van der Waals surface area contributed by atoms with Crippen molar-refractivity contribution < 1.29 is 14.6 Å². The zero-order chi connectivity index (χ0) is 13.5. The summed E-state index contributed by atoms with van der Waals surface area (Å²) in [6.07, 6.45) is 0. The highest BCUT2D eigenvalue weighted by Gasteiger charge is 2.16. The van der Waals surface area contributed by atoms with Gasteiger partial charge in [0.15, 0.2) is 0 Å². The smallest absolute Gasteiger partial charge is 0.254 e. The molecule has 4 heteroatoms. The highest BCUT2D eigenvalue weighted by atomic mass is 16.5. The van der Waals surface area contributed by atoms with Crippen molar-refractivity contribution in [3.05, 3.63) is 29.8 Å². The fourth-order valence-corrected chi connectivity index (χ4v) is 1.74. The Balaban J connectivity index is 2.80. The lowest BCUT2D eigenvalue weighted by Gasteiger charge is -2.24. The number of aromatic hydroxyl groups is 1. The number of phenolic OH excluding ortho intramolecular Hbond substituents is 1. The normalized spacial score (nSPS) is 10.7. The number of rotatable bonds is 6. The predicted molar refractivity (Wildman–Crippen MR) is 70.7 cm³/mol. The molecule has 0 aliphatic rings. The van der Waals surface area contributed by atoms with Crippen LogP contribution in [0.15, 0.2) is 24.3 Å². The van der Waals surface area contributed by atoms with Gasteiger partial charge < -0.3 is 14.7 Å². The van der Waals surface area contributed by atoms with Gasteiger partial charge in [-0.25, -0.2) is 0 Å². The third kappa shape index (κ3) is 4.37. The minimum absolute atomic E-state index is 0.0725. The van der Waals surface area contributed by atoms with E-state index in [0.717, 1.165) is 0 Å². The number of carbonyl (C=O) groups is 1. The van der Waals surface area contributed by atoms with Gasteiger partial charge in [-0.2, -0.15) is 0 Å². The fraction of sp³-hybridized carbons (Fsp3) is 0.500. The van der Waals surface area contributed by atoms with E-state index in [0.29, 0.717) is 31.2 Å². The fourth-order valence-electron chi connectivity index (χ4n) is 1.74. The van der Waals surface area contributed by atoms with E-state index < -0.39 is 0 Å². The van der Waals surface area contributed by atoms with E-state index in [2.05, 4.69) is 13.8 Å². The number of methoxy groups -OCH3 is 1. The third-order valence-electron chi connectivity index (χ3n) is 2.53. The average molecular weight is 251 g/mol. The van der Waals surface area contributed by atoms with Gasteiger partial charge >= 0.3 is 0 Å². The molecule has 0 spiro atoms. The first-order chi connectivity index (χ1) is 8.54. The topological polar surface area (TPSA) is 49.8 Å². The maximum Gasteiger partial charge on any atom is 0.254 e. The quantitative estimate of drug-likeness (QED) is 0.842. The van der Waals surface area contributed by atoms with Crippen molar-refractivity contribution >= 4 is 5.91 Å². The summed E-state index contributed by atoms with van der Waals surface area (Å²) in [6.45, 7) is 5.88. The van der Waals surface area contributed by atoms with Crippen molar-refractivity contribution in [2.45, 2.75) is 13.8 Å². The summed E-state index contributed by atoms with van der Waals surface area (Å²) in [5.74, 6) is 0.428. The Morgan fingerprint density at radius 2 is 2.17 bits per heavy atom. The lowest BCUT2D eigenvalue weighted by atomic mass is 10.1. The van der Waals surface area contributed by atoms with Crippen LogP contribution >= 0.6 is 0 Å². The van der Waals surface area contributed by atoms with E-state index in [1.165, 1.54) is 6.07 Å². The maximum absolute atomic E-state index is 12.3. The van der Waals surface area contributed by atoms with Crippen LogP contribution < -0.4 is 0 Å². The van der Waals surface area contributed by atoms with Crippen LogP contribution in [0.5, 0.6) is 5.75 Å². The number of carbonyl (C=O) groups excluding carboxylic acids is 1. The van der Waals surface area contributed by atoms with E-state index in [9.17, 15) is 9.90 Å². The van der Waals surface area contributed by atoms with Gasteiger partial charge in [-0.1, -0.05) is 19.9 Å². The molecule has 18 heavy (non-hydrogen) atoms. The lowest BCUT2D eigenvalue weighted by Crippen LogP contribution is -2.36. The number of hydrogen-bond acceptors (Lipinski definition) is 3. The highest BCUT2D eigenvalue weighted by Crippen LogP contribution is 2.14. The Kier molecular flexibility index (Phi) is 5.65. The van der Waals surface area contributed by atoms with Crippen LogP contribution in [0, 0.1) is 5.92 Å². The van der Waals surface area contributed by atoms with Crippen LogP contribution in [0.1, 0.15) is 24.2 Å². The molecule has 1 aromatic carbocycles. The van der Waals surface area contributed by atoms with Crippen molar-refractivity contribution in [2.24, 2.45) is 5.92 Å². The molecule has 1 amide bonds. The Morgan fingerprint density at radius 3 is 2.72 bits per heavy atom. The Hall–Kier alpha value is -1.55. The number of benzene rings is 1. The van der Waals surface area contributed by atoms with E-state index in [-0.39, 0.29) is 11.7 Å². The van der Waals surface area contributed by atoms with Crippen LogP contribution in [0.25, 0.3) is 0 Å². The van der Waals surface area contributed by atoms with E-state index >= 15 is 0 Å². The summed E-state index contributed by atoms with van der Waals surface area (Å²) in [5.41, 5.74) is 0.506. The molecule has 0 aliphatic heterocycles. The summed E-state index contributed by atoms with van der Waals surface area (Å²) in [5, 5.41) is 9.41. The molecule has 4 nitrogen and oxygen atoms in total. The van der Waals surface area contributed by atoms with Gasteiger partial charge in [-0.15, -0.1) is 0 Å². The number of ether oxygens (including phenoxy) is 1. The molecular formula is C14H21NO3. The zero-order valence-corrected chi connectivity index (χ0v) is 11.2. The number of hydrogen-bond donors (Lipinski definition) is 1. The van der Waals surface area contributed by atoms with Crippen LogP contribution in [0.4, 0.5) is 0 Å². The first-order valence-corrected chi connectivity index (χ1v) is 6.12. The molecular weight excluding hydrogens is 230 g/mol. The van der Waals surface area contributed by atoms with E-state index in [1.807, 2.05) is 0 Å². The van der Waals surface area contributed by atoms with Gasteiger partial charge in [0, 0.05) is 25.8 Å². The average Bonchev–Trinajstić information content (AvgIpc) is 2.33. The van der Waals surface area contributed by atoms with Crippen molar-refractivity contribution in [1.29, 1.82) is 0 Å². The molecule has 0 heterocycles. The minimum atomic E-state index is -0.0725. The summed E-state index contributed by atoms with van der Waals surface area (Å²) in [6, 6.07) is 6.43. The van der Waals surface area contributed by atoms with Crippen LogP contribution in [0.3, 0.4) is 0 Å². The molecule has 0 saturated heterocycles. The second-order valence-electron chi connectivity index (χ2n) is 4.69. The summed E-state index contributed by atoms with van der Waals surface area (Å²) in [7, 11) is 1.62. The van der Waals surface area contributed by atoms with Crippen LogP contribution in [-0.2, 0) is 4.74 Å². The SMILES string of the molecule is COCCN(CC(C)C)C(=O)c1cccc(O)c1. The Labute approximate surface area is 108 Å². The standard InChI is InChI=1S/C14H21NO3/c1-11(2)10-15(7-8-18-3)14(17)12-5-4-6-13(16)9-12/h4-6,9,11,16H,7-8,10H2,1-3H3. The first kappa shape index (κ1) is 14.5. The third-order valence-corrected chi connectivity index (χ3v) is 2.53. The summed E-state index contributed by atoms with van der Waals surface area (Å²) in [4.78, 5) is 14.1. The molecule has 0 aromatic heterocycles. The van der Waals surface area contributed by atoms with Crippen molar-refractivity contribution in [1.82, 2.24) is 4.90 Å². The van der Waals surface area contributed by atoms with Gasteiger partial charge in [0.1, 0.15) is 5.75 Å². The molecule has 0 bridgehead atoms. The van der Waals surface area contributed by atoms with E-state index in [1.54, 1.807) is 30.2 Å². The van der Waals surface area contributed by atoms with Crippen LogP contribution in [-0.4, -0.2) is 42.7 Å². The Bertz CT molecular complexity index is 390. The van der Waals surface area contributed by atoms with Gasteiger partial charge in [-0.05, 0) is 24.1 Å². The maximum atomic E-state index is 12.3. The predicted octanol–water partition coefficient (Wildman–Crippen LogP) is 2.14. The number of amides is 1. The van der Waals surface area contributed by atoms with Crippen molar-refractivity contribution in [3.8, 4) is 5.75 Å². The second-order valence-corrected chi connectivity index (χ2v) is 4.69. The van der Waals surface area contributed by atoms with Gasteiger partial charge in [0.2, 0.25) is 0 Å². The number of nitrogens with zero attached hydrogens (tertiary/aromatic N) is 1. The highest BCUT2D eigenvalue weighted by molar-refractivity contribution is 5.94. The minimum Gasteiger partial charge on any atom is -0.508 e. The largest absolute Gasteiger partial charge is 0.508 e. The Morgan fingerprint density at radius 1 is 1.44 bits per heavy atom. The first-order valence-electron chi connectivity index (χ1n) is 6.12. The lowest BCUT2D eigenvalue weighted by molar-refractivity contribution is 0.0672. The van der Waals surface area contributed by atoms with E-state index in [4.69, 9.17) is 4.74 Å². The zero-order valence-electron chi connectivity index (χ0n) is 11.2. The van der Waals surface area contributed by atoms with Crippen molar-refractivity contribution in [2.75, 3.05) is 26.8 Å². The van der Waals surface area contributed by atoms with Gasteiger partial charge in [0.05, 0.1) is 6.61 Å². The number of phenols is 1. The molecule has 1 N–H and O–H groups in total. The molecule has 0 radical (unpaired) electrons. The van der Waals surface area contributed by atoms with Crippen LogP contribution in [0.2, 0.25) is 0 Å². The summed E-state index contributed by atoms with van der Waals surface area (Å²) < 4.78 is 5.02. The molecule has 100 valence electrons. The molecule has 0 fully saturated rings. The van der Waals surface area contributed by atoms with Gasteiger partial charge in [0.25, 0.3) is 5.91 Å². The second kappa shape index (κ2) is 7.01. The molecule has 0 atom stereocenters. The summed E-state index contributed by atoms with van der Waals surface area (Å²) >= 11 is 0. The molecule has 0 unspecified atom stereocenters. The van der Waals surface area contributed by atoms with Gasteiger partial charge in [-0.3, -0.25) is 4.79 Å². The molecule has 1 rings (SSSR count). The molecule has 1 aromatic rings. The molecule has 0 saturated carbocycles. The van der Waals surface area contributed by atoms with Crippen molar-refractivity contribution in [3.63, 3.8) is 0 Å².